The first kappa shape index (κ1) is 11.4. The van der Waals surface area contributed by atoms with E-state index in [9.17, 15) is 14.0 Å². The Balaban J connectivity index is 2.32. The summed E-state index contributed by atoms with van der Waals surface area (Å²) in [4.78, 5) is 24.0. The van der Waals surface area contributed by atoms with Crippen molar-refractivity contribution in [3.05, 3.63) is 32.9 Å². The molecule has 0 aliphatic carbocycles. The van der Waals surface area contributed by atoms with E-state index in [0.29, 0.717) is 5.75 Å². The van der Waals surface area contributed by atoms with Crippen molar-refractivity contribution in [2.75, 3.05) is 12.4 Å². The molecule has 1 saturated heterocycles. The number of hydrogen-bond acceptors (Lipinski definition) is 5. The van der Waals surface area contributed by atoms with Crippen molar-refractivity contribution in [1.82, 2.24) is 9.55 Å². The predicted molar refractivity (Wildman–Crippen MR) is 54.7 cm³/mol. The van der Waals surface area contributed by atoms with Crippen LogP contribution >= 0.6 is 11.8 Å². The highest BCUT2D eigenvalue weighted by Gasteiger charge is 2.27. The Bertz CT molecular complexity index is 500. The number of aromatic nitrogens is 2. The van der Waals surface area contributed by atoms with Crippen molar-refractivity contribution in [3.8, 4) is 0 Å². The molecule has 2 atom stereocenters. The van der Waals surface area contributed by atoms with Gasteiger partial charge in [-0.15, -0.1) is 11.8 Å². The minimum absolute atomic E-state index is 0.179. The van der Waals surface area contributed by atoms with Crippen LogP contribution in [0.4, 0.5) is 4.39 Å². The van der Waals surface area contributed by atoms with E-state index < -0.39 is 28.7 Å². The monoisotopic (exact) mass is 248 g/mol. The van der Waals surface area contributed by atoms with Gasteiger partial charge < -0.3 is 9.84 Å². The summed E-state index contributed by atoms with van der Waals surface area (Å²) in [5.74, 6) is -0.628. The van der Waals surface area contributed by atoms with Gasteiger partial charge in [-0.25, -0.2) is 4.79 Å². The molecule has 0 amide bonds. The minimum atomic E-state index is -1.05. The molecule has 2 N–H and O–H groups in total. The number of nitrogens with one attached hydrogen (secondary N) is 1. The van der Waals surface area contributed by atoms with Gasteiger partial charge in [0.1, 0.15) is 11.7 Å². The van der Waals surface area contributed by atoms with Crippen molar-refractivity contribution in [2.45, 2.75) is 11.7 Å². The van der Waals surface area contributed by atoms with Gasteiger partial charge in [0.2, 0.25) is 5.82 Å². The maximum atomic E-state index is 13.0. The Morgan fingerprint density at radius 1 is 1.69 bits per heavy atom. The van der Waals surface area contributed by atoms with E-state index in [4.69, 9.17) is 9.84 Å². The first-order chi connectivity index (χ1) is 7.61. The molecule has 88 valence electrons. The molecule has 0 unspecified atom stereocenters. The second-order valence-electron chi connectivity index (χ2n) is 3.18. The molecule has 6 nitrogen and oxygen atoms in total. The summed E-state index contributed by atoms with van der Waals surface area (Å²) in [6, 6.07) is 0. The van der Waals surface area contributed by atoms with Crippen LogP contribution in [-0.4, -0.2) is 32.5 Å². The number of rotatable bonds is 2. The predicted octanol–water partition coefficient (Wildman–Crippen LogP) is -0.744. The lowest BCUT2D eigenvalue weighted by Gasteiger charge is -2.13. The Morgan fingerprint density at radius 3 is 3.06 bits per heavy atom. The van der Waals surface area contributed by atoms with Gasteiger partial charge in [0, 0.05) is 5.75 Å². The fraction of sp³-hybridized carbons (Fsp3) is 0.500. The van der Waals surface area contributed by atoms with Crippen molar-refractivity contribution < 1.29 is 14.2 Å². The van der Waals surface area contributed by atoms with Gasteiger partial charge in [-0.3, -0.25) is 14.3 Å². The van der Waals surface area contributed by atoms with Gasteiger partial charge in [0.25, 0.3) is 5.56 Å². The molecule has 1 aliphatic rings. The molecule has 0 saturated carbocycles. The van der Waals surface area contributed by atoms with E-state index >= 15 is 0 Å². The third kappa shape index (κ3) is 2.04. The van der Waals surface area contributed by atoms with Crippen LogP contribution in [0, 0.1) is 5.82 Å². The Hall–Kier alpha value is -1.12. The lowest BCUT2D eigenvalue weighted by atomic mass is 10.5. The quantitative estimate of drug-likeness (QED) is 0.720. The van der Waals surface area contributed by atoms with Crippen LogP contribution in [-0.2, 0) is 4.74 Å². The van der Waals surface area contributed by atoms with E-state index in [1.54, 1.807) is 0 Å². The molecule has 0 bridgehead atoms. The molecule has 2 heterocycles. The minimum Gasteiger partial charge on any atom is -0.393 e. The molecule has 0 aromatic carbocycles. The van der Waals surface area contributed by atoms with Crippen LogP contribution in [0.1, 0.15) is 6.23 Å². The highest BCUT2D eigenvalue weighted by Crippen LogP contribution is 2.30. The van der Waals surface area contributed by atoms with Crippen LogP contribution in [0.15, 0.2) is 15.8 Å². The standard InChI is InChI=1S/C8H9FN2O4S/c9-4-1-11(8(14)10-7(4)13)5-3-16-6(2-12)15-5/h1,5-6,12H,2-3H2,(H,10,13,14)/t5-,6+/m0/s1. The smallest absolute Gasteiger partial charge is 0.330 e. The molecule has 0 spiro atoms. The average molecular weight is 248 g/mol. The van der Waals surface area contributed by atoms with Gasteiger partial charge in [-0.1, -0.05) is 0 Å². The summed E-state index contributed by atoms with van der Waals surface area (Å²) >= 11 is 1.32. The first-order valence-electron chi connectivity index (χ1n) is 4.50. The molecular formula is C8H9FN2O4S. The normalized spacial score (nSPS) is 24.9. The van der Waals surface area contributed by atoms with Gasteiger partial charge >= 0.3 is 5.69 Å². The average Bonchev–Trinajstić information content (AvgIpc) is 2.71. The fourth-order valence-electron chi connectivity index (χ4n) is 1.36. The maximum absolute atomic E-state index is 13.0. The number of ether oxygens (including phenoxy) is 1. The second-order valence-corrected chi connectivity index (χ2v) is 4.37. The summed E-state index contributed by atoms with van der Waals surface area (Å²) in [5, 5.41) is 8.83. The third-order valence-electron chi connectivity index (χ3n) is 2.12. The van der Waals surface area contributed by atoms with Crippen LogP contribution < -0.4 is 11.2 Å². The van der Waals surface area contributed by atoms with Crippen LogP contribution in [0.2, 0.25) is 0 Å². The largest absolute Gasteiger partial charge is 0.393 e. The van der Waals surface area contributed by atoms with Crippen molar-refractivity contribution in [1.29, 1.82) is 0 Å². The molecule has 1 aromatic rings. The number of aliphatic hydroxyl groups is 1. The van der Waals surface area contributed by atoms with Crippen molar-refractivity contribution >= 4 is 11.8 Å². The Kier molecular flexibility index (Phi) is 3.13. The Morgan fingerprint density at radius 2 is 2.44 bits per heavy atom. The molecule has 1 fully saturated rings. The highest BCUT2D eigenvalue weighted by atomic mass is 32.2. The number of hydrogen-bond donors (Lipinski definition) is 2. The lowest BCUT2D eigenvalue weighted by molar-refractivity contribution is -0.00694. The van der Waals surface area contributed by atoms with Gasteiger partial charge in [-0.05, 0) is 0 Å². The molecule has 1 aromatic heterocycles. The molecule has 0 radical (unpaired) electrons. The van der Waals surface area contributed by atoms with Crippen LogP contribution in [0.3, 0.4) is 0 Å². The molecule has 2 rings (SSSR count). The van der Waals surface area contributed by atoms with E-state index in [2.05, 4.69) is 0 Å². The lowest BCUT2D eigenvalue weighted by Crippen LogP contribution is -2.34. The van der Waals surface area contributed by atoms with Crippen molar-refractivity contribution in [2.24, 2.45) is 0 Å². The molecule has 1 aliphatic heterocycles. The molecule has 8 heteroatoms. The number of halogens is 1. The number of aliphatic hydroxyl groups excluding tert-OH is 1. The first-order valence-corrected chi connectivity index (χ1v) is 5.55. The van der Waals surface area contributed by atoms with Crippen molar-refractivity contribution in [3.63, 3.8) is 0 Å². The zero-order valence-electron chi connectivity index (χ0n) is 8.05. The van der Waals surface area contributed by atoms with Crippen LogP contribution in [0.5, 0.6) is 0 Å². The zero-order chi connectivity index (χ0) is 11.7. The summed E-state index contributed by atoms with van der Waals surface area (Å²) in [7, 11) is 0. The number of thioether (sulfide) groups is 1. The van der Waals surface area contributed by atoms with Gasteiger partial charge in [-0.2, -0.15) is 4.39 Å². The fourth-order valence-corrected chi connectivity index (χ4v) is 2.29. The summed E-state index contributed by atoms with van der Waals surface area (Å²) in [5.41, 5.74) is -2.20. The zero-order valence-corrected chi connectivity index (χ0v) is 8.87. The number of nitrogens with zero attached hydrogens (tertiary/aromatic N) is 1. The van der Waals surface area contributed by atoms with Gasteiger partial charge in [0.05, 0.1) is 12.8 Å². The van der Waals surface area contributed by atoms with Crippen LogP contribution in [0.25, 0.3) is 0 Å². The second kappa shape index (κ2) is 4.40. The summed E-state index contributed by atoms with van der Waals surface area (Å²) in [6.07, 6.45) is 0.146. The van der Waals surface area contributed by atoms with Gasteiger partial charge in [0.15, 0.2) is 0 Å². The Labute approximate surface area is 93.1 Å². The number of aromatic amines is 1. The SMILES string of the molecule is O=c1[nH]c(=O)n([C@@H]2CS[C@H](CO)O2)cc1F. The van der Waals surface area contributed by atoms with E-state index in [-0.39, 0.29) is 6.61 Å². The number of H-pyrrole nitrogens is 1. The third-order valence-corrected chi connectivity index (χ3v) is 3.23. The maximum Gasteiger partial charge on any atom is 0.330 e. The van der Waals surface area contributed by atoms with E-state index in [1.165, 1.54) is 11.8 Å². The summed E-state index contributed by atoms with van der Waals surface area (Å²) < 4.78 is 19.2. The summed E-state index contributed by atoms with van der Waals surface area (Å²) in [6.45, 7) is -0.179. The topological polar surface area (TPSA) is 84.3 Å². The highest BCUT2D eigenvalue weighted by molar-refractivity contribution is 8.00. The van der Waals surface area contributed by atoms with E-state index in [1.807, 2.05) is 4.98 Å². The van der Waals surface area contributed by atoms with E-state index in [0.717, 1.165) is 10.8 Å². The molecule has 16 heavy (non-hydrogen) atoms. The molecular weight excluding hydrogens is 239 g/mol.